The molecule has 2 aliphatic rings. The van der Waals surface area contributed by atoms with E-state index in [0.29, 0.717) is 22.6 Å². The molecule has 3 N–H and O–H groups in total. The largest absolute Gasteiger partial charge is 0.371 e. The number of carbonyl (C=O) groups excluding carboxylic acids is 2. The van der Waals surface area contributed by atoms with Crippen molar-refractivity contribution in [2.45, 2.75) is 26.3 Å². The fourth-order valence-electron chi connectivity index (χ4n) is 6.16. The maximum atomic E-state index is 13.3. The molecule has 0 saturated carbocycles. The number of hydrogen-bond donors (Lipinski definition) is 2. The second-order valence-corrected chi connectivity index (χ2v) is 10.8. The molecular weight excluding hydrogens is 510 g/mol. The molecule has 39 heavy (non-hydrogen) atoms. The summed E-state index contributed by atoms with van der Waals surface area (Å²) in [5, 5.41) is 2.51. The van der Waals surface area contributed by atoms with Crippen LogP contribution in [-0.4, -0.2) is 34.9 Å². The van der Waals surface area contributed by atoms with Crippen molar-refractivity contribution in [2.24, 2.45) is 5.73 Å². The number of nitrogens with two attached hydrogens (primary N) is 1. The maximum absolute atomic E-state index is 13.3. The average molecular weight is 536 g/mol. The number of aromatic amines is 1. The summed E-state index contributed by atoms with van der Waals surface area (Å²) >= 11 is 6.20. The lowest BCUT2D eigenvalue weighted by molar-refractivity contribution is 0.0988. The number of anilines is 2. The van der Waals surface area contributed by atoms with Gasteiger partial charge < -0.3 is 20.5 Å². The Morgan fingerprint density at radius 3 is 2.64 bits per heavy atom. The molecule has 5 aromatic rings. The first kappa shape index (κ1) is 23.7. The maximum Gasteiger partial charge on any atom is 0.269 e. The highest BCUT2D eigenvalue weighted by Gasteiger charge is 2.30. The summed E-state index contributed by atoms with van der Waals surface area (Å²) in [4.78, 5) is 37.8. The summed E-state index contributed by atoms with van der Waals surface area (Å²) < 4.78 is 0. The molecule has 0 spiro atoms. The number of nitrogens with one attached hydrogen (secondary N) is 1. The molecule has 4 heterocycles. The average Bonchev–Trinajstić information content (AvgIpc) is 3.66. The summed E-state index contributed by atoms with van der Waals surface area (Å²) in [7, 11) is 0. The Morgan fingerprint density at radius 1 is 1.03 bits per heavy atom. The van der Waals surface area contributed by atoms with Gasteiger partial charge in [-0.3, -0.25) is 9.59 Å². The molecule has 0 unspecified atom stereocenters. The van der Waals surface area contributed by atoms with Gasteiger partial charge in [0.05, 0.1) is 12.1 Å². The van der Waals surface area contributed by atoms with Gasteiger partial charge in [0.1, 0.15) is 0 Å². The summed E-state index contributed by atoms with van der Waals surface area (Å²) in [5.74, 6) is -0.627. The topological polar surface area (TPSA) is 95.3 Å². The van der Waals surface area contributed by atoms with Crippen LogP contribution >= 0.6 is 11.6 Å². The van der Waals surface area contributed by atoms with Crippen molar-refractivity contribution in [3.05, 3.63) is 88.2 Å². The molecule has 8 heteroatoms. The van der Waals surface area contributed by atoms with Gasteiger partial charge in [0.2, 0.25) is 0 Å². The van der Waals surface area contributed by atoms with Gasteiger partial charge in [0, 0.05) is 63.1 Å². The first-order valence-corrected chi connectivity index (χ1v) is 13.5. The SMILES string of the molecule is Cc1c(-c2cnc(C(N)=O)c3[nH]c4cc(N5CCCC5)ccc4c23)cccc1N1Cc2cc(Cl)ccc2C1=O. The number of amides is 2. The van der Waals surface area contributed by atoms with Crippen molar-refractivity contribution >= 4 is 56.6 Å². The predicted molar refractivity (Wildman–Crippen MR) is 156 cm³/mol. The minimum absolute atomic E-state index is 0.0456. The van der Waals surface area contributed by atoms with Gasteiger partial charge in [-0.2, -0.15) is 0 Å². The van der Waals surface area contributed by atoms with Gasteiger partial charge in [-0.25, -0.2) is 4.98 Å². The molecule has 2 aromatic heterocycles. The van der Waals surface area contributed by atoms with Gasteiger partial charge in [-0.05, 0) is 72.9 Å². The van der Waals surface area contributed by atoms with Crippen molar-refractivity contribution < 1.29 is 9.59 Å². The van der Waals surface area contributed by atoms with E-state index in [9.17, 15) is 9.59 Å². The van der Waals surface area contributed by atoms with Crippen LogP contribution in [0.15, 0.2) is 60.8 Å². The molecule has 194 valence electrons. The van der Waals surface area contributed by atoms with Crippen LogP contribution in [0.4, 0.5) is 11.4 Å². The normalized spacial score (nSPS) is 15.1. The molecule has 7 rings (SSSR count). The molecule has 3 aromatic carbocycles. The minimum Gasteiger partial charge on any atom is -0.371 e. The summed E-state index contributed by atoms with van der Waals surface area (Å²) in [6.07, 6.45) is 4.10. The van der Waals surface area contributed by atoms with E-state index in [-0.39, 0.29) is 11.6 Å². The van der Waals surface area contributed by atoms with E-state index < -0.39 is 5.91 Å². The van der Waals surface area contributed by atoms with Crippen LogP contribution in [0, 0.1) is 6.92 Å². The quantitative estimate of drug-likeness (QED) is 0.286. The second kappa shape index (κ2) is 8.85. The van der Waals surface area contributed by atoms with E-state index in [1.807, 2.05) is 31.2 Å². The van der Waals surface area contributed by atoms with Crippen molar-refractivity contribution in [3.63, 3.8) is 0 Å². The molecule has 2 aliphatic heterocycles. The number of hydrogen-bond acceptors (Lipinski definition) is 4. The number of rotatable bonds is 4. The molecule has 1 fully saturated rings. The minimum atomic E-state index is -0.581. The number of nitrogens with zero attached hydrogens (tertiary/aromatic N) is 3. The number of pyridine rings is 1. The molecule has 0 aliphatic carbocycles. The lowest BCUT2D eigenvalue weighted by Crippen LogP contribution is -2.24. The molecule has 0 atom stereocenters. The van der Waals surface area contributed by atoms with E-state index in [1.165, 1.54) is 12.8 Å². The van der Waals surface area contributed by atoms with E-state index in [0.717, 1.165) is 63.0 Å². The highest BCUT2D eigenvalue weighted by Crippen LogP contribution is 2.41. The third-order valence-corrected chi connectivity index (χ3v) is 8.31. The van der Waals surface area contributed by atoms with Crippen molar-refractivity contribution in [1.29, 1.82) is 0 Å². The van der Waals surface area contributed by atoms with Crippen molar-refractivity contribution in [2.75, 3.05) is 22.9 Å². The number of benzene rings is 3. The van der Waals surface area contributed by atoms with Gasteiger partial charge in [0.15, 0.2) is 5.69 Å². The fraction of sp³-hybridized carbons (Fsp3) is 0.194. The van der Waals surface area contributed by atoms with Crippen molar-refractivity contribution in [3.8, 4) is 11.1 Å². The number of H-pyrrole nitrogens is 1. The molecule has 2 amide bonds. The Morgan fingerprint density at radius 2 is 1.85 bits per heavy atom. The Kier molecular flexibility index (Phi) is 5.39. The van der Waals surface area contributed by atoms with Crippen LogP contribution < -0.4 is 15.5 Å². The van der Waals surface area contributed by atoms with E-state index >= 15 is 0 Å². The zero-order chi connectivity index (χ0) is 26.8. The highest BCUT2D eigenvalue weighted by atomic mass is 35.5. The Balaban J connectivity index is 1.40. The number of halogens is 1. The monoisotopic (exact) mass is 535 g/mol. The smallest absolute Gasteiger partial charge is 0.269 e. The zero-order valence-corrected chi connectivity index (χ0v) is 22.2. The summed E-state index contributed by atoms with van der Waals surface area (Å²) in [6.45, 7) is 4.56. The number of carbonyl (C=O) groups is 2. The lowest BCUT2D eigenvalue weighted by Gasteiger charge is -2.21. The second-order valence-electron chi connectivity index (χ2n) is 10.3. The van der Waals surface area contributed by atoms with Crippen LogP contribution in [0.25, 0.3) is 32.9 Å². The van der Waals surface area contributed by atoms with Gasteiger partial charge >= 0.3 is 0 Å². The standard InChI is InChI=1S/C31H26ClN5O2/c1-17-21(5-4-6-26(17)37-16-18-13-19(32)7-9-22(18)31(37)39)24-15-34-29(30(33)38)28-27(24)23-10-8-20(14-25(23)35-28)36-11-2-3-12-36/h4-10,13-15,35H,2-3,11-12,16H2,1H3,(H2,33,38). The van der Waals surface area contributed by atoms with Crippen LogP contribution in [-0.2, 0) is 6.54 Å². The Hall–Kier alpha value is -4.36. The van der Waals surface area contributed by atoms with E-state index in [2.05, 4.69) is 33.1 Å². The fourth-order valence-corrected chi connectivity index (χ4v) is 6.35. The van der Waals surface area contributed by atoms with Gasteiger partial charge in [-0.1, -0.05) is 29.8 Å². The zero-order valence-electron chi connectivity index (χ0n) is 21.4. The van der Waals surface area contributed by atoms with E-state index in [1.54, 1.807) is 23.2 Å². The van der Waals surface area contributed by atoms with Crippen LogP contribution in [0.2, 0.25) is 5.02 Å². The Labute approximate surface area is 230 Å². The number of aromatic nitrogens is 2. The van der Waals surface area contributed by atoms with Crippen LogP contribution in [0.1, 0.15) is 44.8 Å². The third-order valence-electron chi connectivity index (χ3n) is 8.07. The molecule has 1 saturated heterocycles. The number of fused-ring (bicyclic) bond motifs is 4. The van der Waals surface area contributed by atoms with Crippen molar-refractivity contribution in [1.82, 2.24) is 9.97 Å². The van der Waals surface area contributed by atoms with Crippen LogP contribution in [0.5, 0.6) is 0 Å². The summed E-state index contributed by atoms with van der Waals surface area (Å²) in [6, 6.07) is 17.7. The molecule has 0 bridgehead atoms. The predicted octanol–water partition coefficient (Wildman–Crippen LogP) is 6.20. The molecule has 0 radical (unpaired) electrons. The molecular formula is C31H26ClN5O2. The van der Waals surface area contributed by atoms with Crippen LogP contribution in [0.3, 0.4) is 0 Å². The first-order valence-electron chi connectivity index (χ1n) is 13.1. The number of primary amides is 1. The van der Waals surface area contributed by atoms with Gasteiger partial charge in [0.25, 0.3) is 11.8 Å². The highest BCUT2D eigenvalue weighted by molar-refractivity contribution is 6.31. The summed E-state index contributed by atoms with van der Waals surface area (Å²) in [5.41, 5.74) is 13.8. The first-order chi connectivity index (χ1) is 18.9. The molecule has 7 nitrogen and oxygen atoms in total. The van der Waals surface area contributed by atoms with Gasteiger partial charge in [-0.15, -0.1) is 0 Å². The van der Waals surface area contributed by atoms with E-state index in [4.69, 9.17) is 17.3 Å². The third kappa shape index (κ3) is 3.68. The Bertz CT molecular complexity index is 1840. The lowest BCUT2D eigenvalue weighted by atomic mass is 9.95.